The highest BCUT2D eigenvalue weighted by Gasteiger charge is 2.41. The van der Waals surface area contributed by atoms with Crippen LogP contribution in [0.3, 0.4) is 0 Å². The summed E-state index contributed by atoms with van der Waals surface area (Å²) in [5.41, 5.74) is 1.13. The molecule has 8 heteroatoms. The zero-order chi connectivity index (χ0) is 19.4. The second kappa shape index (κ2) is 8.03. The second-order valence-electron chi connectivity index (χ2n) is 6.33. The Kier molecular flexibility index (Phi) is 5.54. The van der Waals surface area contributed by atoms with E-state index in [2.05, 4.69) is 15.3 Å². The van der Waals surface area contributed by atoms with Gasteiger partial charge in [0.15, 0.2) is 0 Å². The number of carboxylic acid groups (broad SMARTS) is 1. The first kappa shape index (κ1) is 18.6. The molecule has 1 saturated heterocycles. The molecule has 142 valence electrons. The molecule has 0 saturated carbocycles. The van der Waals surface area contributed by atoms with Gasteiger partial charge < -0.3 is 20.1 Å². The van der Waals surface area contributed by atoms with Gasteiger partial charge >= 0.3 is 5.97 Å². The van der Waals surface area contributed by atoms with Crippen LogP contribution in [0.2, 0.25) is 0 Å². The zero-order valence-corrected chi connectivity index (χ0v) is 15.3. The van der Waals surface area contributed by atoms with Crippen LogP contribution in [0.4, 0.5) is 5.95 Å². The van der Waals surface area contributed by atoms with E-state index in [1.165, 1.54) is 12.4 Å². The largest absolute Gasteiger partial charge is 0.496 e. The van der Waals surface area contributed by atoms with E-state index in [1.54, 1.807) is 18.1 Å². The number of nitrogens with one attached hydrogen (secondary N) is 1. The van der Waals surface area contributed by atoms with Crippen molar-refractivity contribution in [3.8, 4) is 5.75 Å². The Bertz CT molecular complexity index is 825. The van der Waals surface area contributed by atoms with Crippen molar-refractivity contribution in [3.63, 3.8) is 0 Å². The van der Waals surface area contributed by atoms with E-state index in [0.717, 1.165) is 5.56 Å². The average Bonchev–Trinajstić information content (AvgIpc) is 3.14. The van der Waals surface area contributed by atoms with Gasteiger partial charge in [0.2, 0.25) is 5.95 Å². The smallest absolute Gasteiger partial charge is 0.308 e. The van der Waals surface area contributed by atoms with Crippen molar-refractivity contribution in [3.05, 3.63) is 47.8 Å². The van der Waals surface area contributed by atoms with E-state index in [9.17, 15) is 14.7 Å². The van der Waals surface area contributed by atoms with Crippen LogP contribution in [0.25, 0.3) is 0 Å². The number of carboxylic acids is 1. The van der Waals surface area contributed by atoms with Gasteiger partial charge in [-0.25, -0.2) is 9.97 Å². The molecular weight excluding hydrogens is 348 g/mol. The third kappa shape index (κ3) is 3.84. The summed E-state index contributed by atoms with van der Waals surface area (Å²) >= 11 is 0. The van der Waals surface area contributed by atoms with Crippen LogP contribution < -0.4 is 10.1 Å². The molecule has 2 heterocycles. The van der Waals surface area contributed by atoms with Gasteiger partial charge in [-0.15, -0.1) is 0 Å². The van der Waals surface area contributed by atoms with Crippen molar-refractivity contribution in [2.24, 2.45) is 5.92 Å². The number of ether oxygens (including phenoxy) is 1. The normalized spacial score (nSPS) is 19.0. The Balaban J connectivity index is 1.83. The lowest BCUT2D eigenvalue weighted by Gasteiger charge is -2.18. The molecule has 3 rings (SSSR count). The molecule has 1 amide bonds. The predicted molar refractivity (Wildman–Crippen MR) is 99.0 cm³/mol. The van der Waals surface area contributed by atoms with Crippen LogP contribution in [-0.2, 0) is 4.79 Å². The third-order valence-electron chi connectivity index (χ3n) is 4.70. The van der Waals surface area contributed by atoms with E-state index in [4.69, 9.17) is 4.74 Å². The van der Waals surface area contributed by atoms with Crippen LogP contribution in [0, 0.1) is 5.92 Å². The number of carbonyl (C=O) groups excluding carboxylic acids is 1. The van der Waals surface area contributed by atoms with Gasteiger partial charge in [-0.1, -0.05) is 18.2 Å². The van der Waals surface area contributed by atoms with Gasteiger partial charge in [0, 0.05) is 37.9 Å². The number of rotatable bonds is 6. The summed E-state index contributed by atoms with van der Waals surface area (Å²) < 4.78 is 5.38. The van der Waals surface area contributed by atoms with Crippen molar-refractivity contribution in [1.29, 1.82) is 0 Å². The fraction of sp³-hybridized carbons (Fsp3) is 0.368. The minimum atomic E-state index is -0.931. The van der Waals surface area contributed by atoms with Crippen molar-refractivity contribution in [2.75, 3.05) is 32.1 Å². The van der Waals surface area contributed by atoms with Gasteiger partial charge in [-0.05, 0) is 18.6 Å². The predicted octanol–water partition coefficient (Wildman–Crippen LogP) is 1.86. The molecule has 0 aliphatic carbocycles. The van der Waals surface area contributed by atoms with E-state index in [-0.39, 0.29) is 18.4 Å². The first-order chi connectivity index (χ1) is 13.0. The summed E-state index contributed by atoms with van der Waals surface area (Å²) in [4.78, 5) is 34.4. The fourth-order valence-electron chi connectivity index (χ4n) is 3.38. The Morgan fingerprint density at radius 1 is 1.26 bits per heavy atom. The average molecular weight is 370 g/mol. The molecule has 0 bridgehead atoms. The van der Waals surface area contributed by atoms with Crippen LogP contribution >= 0.6 is 0 Å². The highest BCUT2D eigenvalue weighted by molar-refractivity contribution is 5.94. The summed E-state index contributed by atoms with van der Waals surface area (Å²) in [5.74, 6) is -1.18. The summed E-state index contributed by atoms with van der Waals surface area (Å²) in [6.45, 7) is 3.04. The number of nitrogens with zero attached hydrogens (tertiary/aromatic N) is 3. The molecule has 1 aromatic heterocycles. The summed E-state index contributed by atoms with van der Waals surface area (Å²) in [7, 11) is 1.55. The maximum absolute atomic E-state index is 12.8. The van der Waals surface area contributed by atoms with E-state index in [0.29, 0.717) is 30.4 Å². The molecule has 0 unspecified atom stereocenters. The number of aromatic nitrogens is 2. The number of amides is 1. The standard InChI is InChI=1S/C19H22N4O4/c1-3-20-19-21-8-12(9-22-19)17(24)23-10-14(15(11-23)18(25)26)13-6-4-5-7-16(13)27-2/h4-9,14-15H,3,10-11H2,1-2H3,(H,25,26)(H,20,21,22)/t14-,15+/m0/s1. The maximum Gasteiger partial charge on any atom is 0.308 e. The Morgan fingerprint density at radius 3 is 2.59 bits per heavy atom. The monoisotopic (exact) mass is 370 g/mol. The molecule has 0 radical (unpaired) electrons. The minimum Gasteiger partial charge on any atom is -0.496 e. The number of benzene rings is 1. The summed E-state index contributed by atoms with van der Waals surface area (Å²) in [5, 5.41) is 12.6. The number of likely N-dealkylation sites (tertiary alicyclic amines) is 1. The Hall–Kier alpha value is -3.16. The quantitative estimate of drug-likeness (QED) is 0.799. The first-order valence-electron chi connectivity index (χ1n) is 8.76. The number of methoxy groups -OCH3 is 1. The van der Waals surface area contributed by atoms with Crippen molar-refractivity contribution < 1.29 is 19.4 Å². The number of carbonyl (C=O) groups is 2. The molecule has 27 heavy (non-hydrogen) atoms. The molecule has 1 aromatic carbocycles. The van der Waals surface area contributed by atoms with E-state index in [1.807, 2.05) is 25.1 Å². The van der Waals surface area contributed by atoms with Gasteiger partial charge in [0.25, 0.3) is 5.91 Å². The number of hydrogen-bond donors (Lipinski definition) is 2. The minimum absolute atomic E-state index is 0.131. The number of anilines is 1. The Morgan fingerprint density at radius 2 is 1.96 bits per heavy atom. The van der Waals surface area contributed by atoms with Crippen LogP contribution in [0.15, 0.2) is 36.7 Å². The SMILES string of the molecule is CCNc1ncc(C(=O)N2C[C@@H](C(=O)O)[C@H](c3ccccc3OC)C2)cn1. The molecule has 1 aliphatic heterocycles. The lowest BCUT2D eigenvalue weighted by atomic mass is 9.88. The topological polar surface area (TPSA) is 105 Å². The zero-order valence-electron chi connectivity index (χ0n) is 15.3. The third-order valence-corrected chi connectivity index (χ3v) is 4.70. The highest BCUT2D eigenvalue weighted by atomic mass is 16.5. The lowest BCUT2D eigenvalue weighted by Crippen LogP contribution is -2.30. The van der Waals surface area contributed by atoms with Gasteiger partial charge in [0.05, 0.1) is 18.6 Å². The molecular formula is C19H22N4O4. The van der Waals surface area contributed by atoms with Gasteiger partial charge in [-0.2, -0.15) is 0 Å². The molecule has 2 N–H and O–H groups in total. The molecule has 1 aliphatic rings. The lowest BCUT2D eigenvalue weighted by molar-refractivity contribution is -0.141. The van der Waals surface area contributed by atoms with Crippen molar-refractivity contribution in [1.82, 2.24) is 14.9 Å². The van der Waals surface area contributed by atoms with Gasteiger partial charge in [0.1, 0.15) is 5.75 Å². The van der Waals surface area contributed by atoms with Crippen LogP contribution in [0.5, 0.6) is 5.75 Å². The molecule has 8 nitrogen and oxygen atoms in total. The molecule has 1 fully saturated rings. The number of para-hydroxylation sites is 1. The molecule has 2 aromatic rings. The van der Waals surface area contributed by atoms with E-state index < -0.39 is 11.9 Å². The van der Waals surface area contributed by atoms with Gasteiger partial charge in [-0.3, -0.25) is 9.59 Å². The molecule has 0 spiro atoms. The summed E-state index contributed by atoms with van der Waals surface area (Å²) in [6, 6.07) is 7.32. The highest BCUT2D eigenvalue weighted by Crippen LogP contribution is 2.38. The fourth-order valence-corrected chi connectivity index (χ4v) is 3.38. The first-order valence-corrected chi connectivity index (χ1v) is 8.76. The summed E-state index contributed by atoms with van der Waals surface area (Å²) in [6.07, 6.45) is 2.92. The number of aliphatic carboxylic acids is 1. The maximum atomic E-state index is 12.8. The Labute approximate surface area is 157 Å². The van der Waals surface area contributed by atoms with E-state index >= 15 is 0 Å². The number of hydrogen-bond acceptors (Lipinski definition) is 6. The van der Waals surface area contributed by atoms with Crippen molar-refractivity contribution in [2.45, 2.75) is 12.8 Å². The van der Waals surface area contributed by atoms with Crippen LogP contribution in [-0.4, -0.2) is 58.6 Å². The molecule has 2 atom stereocenters. The second-order valence-corrected chi connectivity index (χ2v) is 6.33. The van der Waals surface area contributed by atoms with Crippen molar-refractivity contribution >= 4 is 17.8 Å². The van der Waals surface area contributed by atoms with Crippen LogP contribution in [0.1, 0.15) is 28.8 Å².